The Balaban J connectivity index is 1.08. The largest absolute Gasteiger partial charge is 0.457 e. The minimum absolute atomic E-state index is 0.315. The number of allylic oxidation sites excluding steroid dienone is 6. The van der Waals surface area contributed by atoms with Crippen molar-refractivity contribution < 1.29 is 9.47 Å². The zero-order valence-corrected chi connectivity index (χ0v) is 28.6. The van der Waals surface area contributed by atoms with E-state index in [4.69, 9.17) is 9.47 Å². The van der Waals surface area contributed by atoms with Crippen LogP contribution in [0.5, 0.6) is 23.0 Å². The predicted molar refractivity (Wildman–Crippen MR) is 209 cm³/mol. The molecule has 0 fully saturated rings. The topological polar surface area (TPSA) is 33.7 Å². The SMILES string of the molecule is C1=CCNC(c2ccc3c(c2)Oc2ccccc2C32c3ccccc3Oc3cc(-c4ccc5c(c4)C4C=CC=CC4N5C4C=CC=CC4)ccc32)=C1. The van der Waals surface area contributed by atoms with Crippen LogP contribution in [-0.4, -0.2) is 18.6 Å². The van der Waals surface area contributed by atoms with Crippen molar-refractivity contribution in [3.63, 3.8) is 0 Å². The fraction of sp³-hybridized carbons (Fsp3) is 0.125. The van der Waals surface area contributed by atoms with Gasteiger partial charge in [-0.25, -0.2) is 0 Å². The van der Waals surface area contributed by atoms with Gasteiger partial charge in [0.2, 0.25) is 0 Å². The van der Waals surface area contributed by atoms with Crippen molar-refractivity contribution in [2.24, 2.45) is 0 Å². The molecule has 4 atom stereocenters. The van der Waals surface area contributed by atoms with Gasteiger partial charge in [0.05, 0.1) is 17.5 Å². The minimum Gasteiger partial charge on any atom is -0.457 e. The highest BCUT2D eigenvalue weighted by Crippen LogP contribution is 2.62. The molecule has 11 rings (SSSR count). The van der Waals surface area contributed by atoms with Crippen molar-refractivity contribution in [2.45, 2.75) is 29.8 Å². The summed E-state index contributed by atoms with van der Waals surface area (Å²) >= 11 is 0. The summed E-state index contributed by atoms with van der Waals surface area (Å²) in [5.74, 6) is 3.76. The summed E-state index contributed by atoms with van der Waals surface area (Å²) in [5.41, 5.74) is 11.1. The van der Waals surface area contributed by atoms with Crippen LogP contribution in [0.15, 0.2) is 170 Å². The lowest BCUT2D eigenvalue weighted by Gasteiger charge is -2.45. The summed E-state index contributed by atoms with van der Waals surface area (Å²) < 4.78 is 13.6. The molecule has 4 heteroatoms. The predicted octanol–water partition coefficient (Wildman–Crippen LogP) is 10.7. The average Bonchev–Trinajstić information content (AvgIpc) is 3.55. The standard InChI is InChI=1S/C48H36N2O2/c1-2-12-34(13-3-1)50-42-18-7-4-14-35(42)36-28-31(23-26-43(36)50)32-21-24-39-46(29-32)51-44-19-8-5-15-37(44)48(39)38-16-6-9-20-45(38)52-47-30-33(22-25-40(47)48)41-17-10-11-27-49-41/h1-12,14-26,28-30,34-35,42,49H,13,27H2. The molecule has 52 heavy (non-hydrogen) atoms. The zero-order chi connectivity index (χ0) is 34.2. The molecule has 4 aliphatic heterocycles. The maximum absolute atomic E-state index is 6.88. The number of fused-ring (bicyclic) bond motifs is 11. The smallest absolute Gasteiger partial charge is 0.132 e. The van der Waals surface area contributed by atoms with Crippen molar-refractivity contribution >= 4 is 11.4 Å². The number of rotatable bonds is 3. The van der Waals surface area contributed by atoms with Crippen molar-refractivity contribution in [3.8, 4) is 34.1 Å². The molecule has 1 spiro atoms. The van der Waals surface area contributed by atoms with Gasteiger partial charge in [0.25, 0.3) is 0 Å². The Morgan fingerprint density at radius 1 is 0.577 bits per heavy atom. The Morgan fingerprint density at radius 3 is 1.96 bits per heavy atom. The van der Waals surface area contributed by atoms with Gasteiger partial charge in [-0.1, -0.05) is 127 Å². The third-order valence-corrected chi connectivity index (χ3v) is 11.7. The Labute approximate surface area is 304 Å². The first-order chi connectivity index (χ1) is 25.8. The first-order valence-corrected chi connectivity index (χ1v) is 18.3. The third-order valence-electron chi connectivity index (χ3n) is 11.7. The van der Waals surface area contributed by atoms with Gasteiger partial charge in [-0.15, -0.1) is 0 Å². The molecule has 4 heterocycles. The lowest BCUT2D eigenvalue weighted by Crippen LogP contribution is -2.40. The van der Waals surface area contributed by atoms with E-state index in [1.807, 2.05) is 0 Å². The number of nitrogens with one attached hydrogen (secondary N) is 1. The molecule has 0 radical (unpaired) electrons. The van der Waals surface area contributed by atoms with E-state index in [0.717, 1.165) is 75.0 Å². The molecule has 1 N–H and O–H groups in total. The van der Waals surface area contributed by atoms with Crippen LogP contribution in [0.4, 0.5) is 5.69 Å². The fourth-order valence-electron chi connectivity index (χ4n) is 9.40. The molecule has 0 amide bonds. The van der Waals surface area contributed by atoms with Crippen molar-refractivity contribution in [3.05, 3.63) is 203 Å². The second-order valence-electron chi connectivity index (χ2n) is 14.3. The molecule has 0 bridgehead atoms. The molecule has 0 saturated heterocycles. The van der Waals surface area contributed by atoms with E-state index in [9.17, 15) is 0 Å². The highest BCUT2D eigenvalue weighted by Gasteiger charge is 2.50. The van der Waals surface area contributed by atoms with Crippen molar-refractivity contribution in [2.75, 3.05) is 11.4 Å². The third kappa shape index (κ3) is 4.21. The van der Waals surface area contributed by atoms with E-state index in [2.05, 4.69) is 180 Å². The van der Waals surface area contributed by atoms with Crippen LogP contribution in [0.25, 0.3) is 16.8 Å². The van der Waals surface area contributed by atoms with E-state index in [1.165, 1.54) is 16.8 Å². The number of nitrogens with zero attached hydrogens (tertiary/aromatic N) is 1. The Hall–Kier alpha value is -6.26. The van der Waals surface area contributed by atoms with Gasteiger partial charge < -0.3 is 19.7 Å². The highest BCUT2D eigenvalue weighted by atomic mass is 16.5. The van der Waals surface area contributed by atoms with Gasteiger partial charge >= 0.3 is 0 Å². The van der Waals surface area contributed by atoms with Crippen LogP contribution >= 0.6 is 0 Å². The number of dihydropyridines is 1. The Morgan fingerprint density at radius 2 is 1.23 bits per heavy atom. The quantitative estimate of drug-likeness (QED) is 0.203. The van der Waals surface area contributed by atoms with E-state index < -0.39 is 5.41 Å². The number of hydrogen-bond donors (Lipinski definition) is 1. The van der Waals surface area contributed by atoms with E-state index in [1.54, 1.807) is 0 Å². The Kier molecular flexibility index (Phi) is 6.45. The van der Waals surface area contributed by atoms with Gasteiger partial charge in [0.1, 0.15) is 23.0 Å². The number of ether oxygens (including phenoxy) is 2. The van der Waals surface area contributed by atoms with Crippen LogP contribution < -0.4 is 19.7 Å². The van der Waals surface area contributed by atoms with Crippen LogP contribution in [0.1, 0.15) is 45.7 Å². The number of hydrogen-bond acceptors (Lipinski definition) is 4. The van der Waals surface area contributed by atoms with Crippen LogP contribution in [0, 0.1) is 0 Å². The minimum atomic E-state index is -0.632. The average molecular weight is 673 g/mol. The van der Waals surface area contributed by atoms with Crippen LogP contribution in [0.3, 0.4) is 0 Å². The van der Waals surface area contributed by atoms with E-state index >= 15 is 0 Å². The molecule has 6 aliphatic rings. The summed E-state index contributed by atoms with van der Waals surface area (Å²) in [4.78, 5) is 2.61. The van der Waals surface area contributed by atoms with Gasteiger partial charge in [-0.05, 0) is 65.6 Å². The lowest BCUT2D eigenvalue weighted by atomic mass is 9.62. The molecular formula is C48H36N2O2. The zero-order valence-electron chi connectivity index (χ0n) is 28.6. The van der Waals surface area contributed by atoms with Crippen LogP contribution in [-0.2, 0) is 5.41 Å². The fourth-order valence-corrected chi connectivity index (χ4v) is 9.40. The van der Waals surface area contributed by atoms with Gasteiger partial charge in [-0.3, -0.25) is 0 Å². The molecule has 2 aliphatic carbocycles. The second-order valence-corrected chi connectivity index (χ2v) is 14.3. The van der Waals surface area contributed by atoms with Gasteiger partial charge in [-0.2, -0.15) is 0 Å². The molecule has 5 aromatic carbocycles. The first kappa shape index (κ1) is 29.5. The van der Waals surface area contributed by atoms with Gasteiger partial charge in [0, 0.05) is 51.7 Å². The lowest BCUT2D eigenvalue weighted by molar-refractivity contribution is 0.399. The first-order valence-electron chi connectivity index (χ1n) is 18.3. The number of anilines is 1. The number of benzene rings is 5. The maximum atomic E-state index is 6.88. The summed E-state index contributed by atoms with van der Waals surface area (Å²) in [6.45, 7) is 0.809. The Bertz CT molecular complexity index is 2490. The van der Waals surface area contributed by atoms with Gasteiger partial charge in [0.15, 0.2) is 0 Å². The van der Waals surface area contributed by atoms with Crippen LogP contribution in [0.2, 0.25) is 0 Å². The van der Waals surface area contributed by atoms with E-state index in [-0.39, 0.29) is 0 Å². The monoisotopic (exact) mass is 672 g/mol. The molecular weight excluding hydrogens is 637 g/mol. The van der Waals surface area contributed by atoms with Crippen molar-refractivity contribution in [1.82, 2.24) is 5.32 Å². The normalized spacial score (nSPS) is 23.7. The van der Waals surface area contributed by atoms with E-state index in [0.29, 0.717) is 18.0 Å². The summed E-state index contributed by atoms with van der Waals surface area (Å²) in [5, 5.41) is 3.52. The number of para-hydroxylation sites is 2. The summed E-state index contributed by atoms with van der Waals surface area (Å²) in [6, 6.07) is 38.2. The summed E-state index contributed by atoms with van der Waals surface area (Å²) in [6.07, 6.45) is 25.5. The molecule has 0 saturated carbocycles. The highest BCUT2D eigenvalue weighted by molar-refractivity contribution is 5.81. The second kappa shape index (κ2) is 11.4. The molecule has 0 aromatic heterocycles. The molecule has 5 aromatic rings. The summed E-state index contributed by atoms with van der Waals surface area (Å²) in [7, 11) is 0. The molecule has 4 nitrogen and oxygen atoms in total. The van der Waals surface area contributed by atoms with Crippen molar-refractivity contribution in [1.29, 1.82) is 0 Å². The molecule has 250 valence electrons. The molecule has 4 unspecified atom stereocenters. The maximum Gasteiger partial charge on any atom is 0.132 e.